The number of methoxy groups -OCH3 is 1. The highest BCUT2D eigenvalue weighted by atomic mass is 35.5. The number of nitrogens with one attached hydrogen (secondary N) is 4. The molecule has 0 spiro atoms. The number of hydrogen-bond donors (Lipinski definition) is 4. The highest BCUT2D eigenvalue weighted by molar-refractivity contribution is 6.34. The minimum atomic E-state index is -0.568. The van der Waals surface area contributed by atoms with Gasteiger partial charge in [-0.05, 0) is 61.8 Å². The number of fused-ring (bicyclic) bond motifs is 1. The Kier molecular flexibility index (Phi) is 7.18. The number of anilines is 2. The molecule has 3 aromatic rings. The van der Waals surface area contributed by atoms with Crippen LogP contribution in [0.15, 0.2) is 65.7 Å². The van der Waals surface area contributed by atoms with Gasteiger partial charge in [-0.2, -0.15) is 0 Å². The fourth-order valence-corrected chi connectivity index (χ4v) is 4.74. The molecular formula is C27H27ClN6O3. The van der Waals surface area contributed by atoms with E-state index in [0.717, 1.165) is 37.1 Å². The lowest BCUT2D eigenvalue weighted by atomic mass is 9.81. The Bertz CT molecular complexity index is 1340. The molecule has 0 radical (unpaired) electrons. The van der Waals surface area contributed by atoms with Crippen LogP contribution in [0.5, 0.6) is 0 Å². The third-order valence-electron chi connectivity index (χ3n) is 6.60. The fraction of sp³-hybridized carbons (Fsp3) is 0.259. The van der Waals surface area contributed by atoms with Gasteiger partial charge in [-0.1, -0.05) is 41.9 Å². The number of halogens is 1. The second kappa shape index (κ2) is 10.7. The number of carbonyl (C=O) groups is 2. The van der Waals surface area contributed by atoms with Crippen LogP contribution in [0.25, 0.3) is 0 Å². The number of piperidine rings is 1. The van der Waals surface area contributed by atoms with Crippen molar-refractivity contribution in [2.24, 2.45) is 4.99 Å². The summed E-state index contributed by atoms with van der Waals surface area (Å²) in [5, 5.41) is 12.7. The molecule has 4 N–H and O–H groups in total. The lowest BCUT2D eigenvalue weighted by Crippen LogP contribution is -2.52. The van der Waals surface area contributed by atoms with Crippen molar-refractivity contribution in [2.75, 3.05) is 30.8 Å². The van der Waals surface area contributed by atoms with E-state index in [0.29, 0.717) is 22.1 Å². The van der Waals surface area contributed by atoms with Gasteiger partial charge >= 0.3 is 0 Å². The average Bonchev–Trinajstić information content (AvgIpc) is 2.94. The Morgan fingerprint density at radius 2 is 1.84 bits per heavy atom. The Morgan fingerprint density at radius 1 is 1.05 bits per heavy atom. The van der Waals surface area contributed by atoms with Crippen molar-refractivity contribution in [3.05, 3.63) is 88.1 Å². The first kappa shape index (κ1) is 24.9. The number of rotatable bonds is 6. The van der Waals surface area contributed by atoms with Crippen molar-refractivity contribution in [3.63, 3.8) is 0 Å². The largest absolute Gasteiger partial charge is 0.343 e. The molecule has 1 aromatic heterocycles. The summed E-state index contributed by atoms with van der Waals surface area (Å²) in [5.74, 6) is -0.208. The zero-order valence-electron chi connectivity index (χ0n) is 20.3. The summed E-state index contributed by atoms with van der Waals surface area (Å²) in [4.78, 5) is 35.0. The maximum atomic E-state index is 13.4. The molecule has 1 atom stereocenters. The topological polar surface area (TPSA) is 117 Å². The second-order valence-corrected chi connectivity index (χ2v) is 9.35. The molecule has 190 valence electrons. The predicted octanol–water partition coefficient (Wildman–Crippen LogP) is 3.77. The van der Waals surface area contributed by atoms with Gasteiger partial charge in [0.2, 0.25) is 6.35 Å². The number of ether oxygens (including phenoxy) is 1. The smallest absolute Gasteiger partial charge is 0.274 e. The van der Waals surface area contributed by atoms with Crippen molar-refractivity contribution in [1.29, 1.82) is 0 Å². The van der Waals surface area contributed by atoms with Crippen LogP contribution in [0, 0.1) is 0 Å². The van der Waals surface area contributed by atoms with Crippen LogP contribution in [-0.4, -0.2) is 49.6 Å². The number of hydrogen-bond acceptors (Lipinski definition) is 7. The zero-order valence-corrected chi connectivity index (χ0v) is 21.0. The van der Waals surface area contributed by atoms with E-state index < -0.39 is 17.8 Å². The Labute approximate surface area is 219 Å². The first-order chi connectivity index (χ1) is 18.0. The minimum absolute atomic E-state index is 0.181. The molecule has 2 aliphatic heterocycles. The molecule has 2 aliphatic rings. The molecular weight excluding hydrogens is 492 g/mol. The molecule has 1 saturated heterocycles. The third kappa shape index (κ3) is 5.34. The third-order valence-corrected chi connectivity index (χ3v) is 6.93. The number of amides is 2. The summed E-state index contributed by atoms with van der Waals surface area (Å²) < 4.78 is 5.18. The Hall–Kier alpha value is -3.79. The van der Waals surface area contributed by atoms with Gasteiger partial charge in [0.15, 0.2) is 0 Å². The summed E-state index contributed by atoms with van der Waals surface area (Å²) in [6.07, 6.45) is 2.61. The average molecular weight is 519 g/mol. The fourth-order valence-electron chi connectivity index (χ4n) is 4.57. The molecule has 10 heteroatoms. The molecule has 2 aromatic carbocycles. The van der Waals surface area contributed by atoms with Crippen LogP contribution in [0.4, 0.5) is 11.5 Å². The van der Waals surface area contributed by atoms with Crippen LogP contribution < -0.4 is 21.3 Å². The normalized spacial score (nSPS) is 17.8. The summed E-state index contributed by atoms with van der Waals surface area (Å²) in [7, 11) is 1.52. The highest BCUT2D eigenvalue weighted by Crippen LogP contribution is 2.32. The highest BCUT2D eigenvalue weighted by Gasteiger charge is 2.35. The number of aromatic nitrogens is 1. The minimum Gasteiger partial charge on any atom is -0.343 e. The van der Waals surface area contributed by atoms with E-state index in [4.69, 9.17) is 16.3 Å². The molecule has 37 heavy (non-hydrogen) atoms. The molecule has 3 heterocycles. The first-order valence-electron chi connectivity index (χ1n) is 12.0. The predicted molar refractivity (Wildman–Crippen MR) is 143 cm³/mol. The van der Waals surface area contributed by atoms with E-state index in [-0.39, 0.29) is 11.6 Å². The van der Waals surface area contributed by atoms with E-state index in [1.54, 1.807) is 36.5 Å². The SMILES string of the molecule is COC1N=Cc2ccc(C(=O)Nc3cc(C(=O)NC4(c5ccccc5)CCNCC4)ccc3Cl)nc2N1. The van der Waals surface area contributed by atoms with Crippen molar-refractivity contribution in [2.45, 2.75) is 24.7 Å². The van der Waals surface area contributed by atoms with Crippen molar-refractivity contribution in [3.8, 4) is 0 Å². The monoisotopic (exact) mass is 518 g/mol. The van der Waals surface area contributed by atoms with Gasteiger partial charge in [0.1, 0.15) is 11.5 Å². The standard InChI is InChI=1S/C27H27ClN6O3/c1-37-26-30-16-18-8-10-21(31-23(18)33-26)25(36)32-22-15-17(7-9-20(22)28)24(35)34-27(11-13-29-14-12-27)19-5-3-2-4-6-19/h2-10,15-16,26,29H,11-14H2,1H3,(H,31,33)(H,32,36)(H,34,35). The second-order valence-electron chi connectivity index (χ2n) is 8.95. The van der Waals surface area contributed by atoms with E-state index in [2.05, 4.69) is 31.2 Å². The number of carbonyl (C=O) groups excluding carboxylic acids is 2. The molecule has 0 saturated carbocycles. The van der Waals surface area contributed by atoms with E-state index >= 15 is 0 Å². The zero-order chi connectivity index (χ0) is 25.8. The number of nitrogens with zero attached hydrogens (tertiary/aromatic N) is 2. The van der Waals surface area contributed by atoms with Gasteiger partial charge in [0.25, 0.3) is 11.8 Å². The summed E-state index contributed by atoms with van der Waals surface area (Å²) in [5.41, 5.74) is 2.23. The van der Waals surface area contributed by atoms with E-state index in [1.165, 1.54) is 7.11 Å². The van der Waals surface area contributed by atoms with Crippen LogP contribution in [0.2, 0.25) is 5.02 Å². The molecule has 0 aliphatic carbocycles. The molecule has 5 rings (SSSR count). The van der Waals surface area contributed by atoms with Gasteiger partial charge in [0, 0.05) is 24.5 Å². The van der Waals surface area contributed by atoms with Gasteiger partial charge in [-0.25, -0.2) is 9.98 Å². The van der Waals surface area contributed by atoms with Crippen LogP contribution >= 0.6 is 11.6 Å². The quantitative estimate of drug-likeness (QED) is 0.395. The Morgan fingerprint density at radius 3 is 2.59 bits per heavy atom. The van der Waals surface area contributed by atoms with Crippen LogP contribution in [0.1, 0.15) is 44.8 Å². The molecule has 1 unspecified atom stereocenters. The van der Waals surface area contributed by atoms with Gasteiger partial charge in [0.05, 0.1) is 16.2 Å². The van der Waals surface area contributed by atoms with Gasteiger partial charge in [-0.15, -0.1) is 0 Å². The molecule has 0 bridgehead atoms. The maximum absolute atomic E-state index is 13.4. The summed E-state index contributed by atoms with van der Waals surface area (Å²) in [6.45, 7) is 1.60. The molecule has 2 amide bonds. The van der Waals surface area contributed by atoms with E-state index in [9.17, 15) is 9.59 Å². The van der Waals surface area contributed by atoms with E-state index in [1.807, 2.05) is 30.3 Å². The number of pyridine rings is 1. The van der Waals surface area contributed by atoms with Crippen molar-refractivity contribution < 1.29 is 14.3 Å². The van der Waals surface area contributed by atoms with Gasteiger partial charge in [-0.3, -0.25) is 9.59 Å². The summed E-state index contributed by atoms with van der Waals surface area (Å²) >= 11 is 6.38. The van der Waals surface area contributed by atoms with Crippen LogP contribution in [-0.2, 0) is 10.3 Å². The van der Waals surface area contributed by atoms with Gasteiger partial charge < -0.3 is 26.0 Å². The number of benzene rings is 2. The van der Waals surface area contributed by atoms with Crippen molar-refractivity contribution >= 4 is 41.1 Å². The lowest BCUT2D eigenvalue weighted by molar-refractivity contribution is 0.0871. The maximum Gasteiger partial charge on any atom is 0.274 e. The molecule has 9 nitrogen and oxygen atoms in total. The molecule has 1 fully saturated rings. The number of aliphatic imine (C=N–C) groups is 1. The lowest BCUT2D eigenvalue weighted by Gasteiger charge is -2.39. The van der Waals surface area contributed by atoms with Crippen LogP contribution in [0.3, 0.4) is 0 Å². The van der Waals surface area contributed by atoms with Crippen molar-refractivity contribution in [1.82, 2.24) is 15.6 Å². The summed E-state index contributed by atoms with van der Waals surface area (Å²) in [6, 6.07) is 18.2. The Balaban J connectivity index is 1.35. The first-order valence-corrected chi connectivity index (χ1v) is 12.4.